The smallest absolute Gasteiger partial charge is 0.244 e. The molecular weight excluding hydrogens is 489 g/mol. The Kier molecular flexibility index (Phi) is 8.77. The molecule has 0 spiro atoms. The summed E-state index contributed by atoms with van der Waals surface area (Å²) in [6.07, 6.45) is 3.42. The molecule has 0 bridgehead atoms. The van der Waals surface area contributed by atoms with Gasteiger partial charge in [-0.2, -0.15) is 0 Å². The highest BCUT2D eigenvalue weighted by Crippen LogP contribution is 2.33. The van der Waals surface area contributed by atoms with E-state index in [0.717, 1.165) is 46.4 Å². The normalized spacial score (nSPS) is 16.1. The van der Waals surface area contributed by atoms with E-state index in [2.05, 4.69) is 46.1 Å². The van der Waals surface area contributed by atoms with Crippen molar-refractivity contribution in [3.05, 3.63) is 102 Å². The molecule has 4 aromatic rings. The number of nitrogens with zero attached hydrogens (tertiary/aromatic N) is 2. The molecule has 1 aliphatic rings. The predicted octanol–water partition coefficient (Wildman–Crippen LogP) is 5.44. The average Bonchev–Trinajstić information content (AvgIpc) is 3.20. The molecule has 5 rings (SSSR count). The van der Waals surface area contributed by atoms with Crippen LogP contribution < -0.4 is 5.32 Å². The molecular formula is C30H31ClFN3O2. The minimum Gasteiger partial charge on any atom is -0.374 e. The molecule has 0 saturated carbocycles. The van der Waals surface area contributed by atoms with Gasteiger partial charge in [-0.25, -0.2) is 4.39 Å². The monoisotopic (exact) mass is 519 g/mol. The molecule has 1 saturated heterocycles. The SMILES string of the molecule is Cl.Cn1c(-c2ccccc2)c(C=CC(=O)NCC2CN(Cc3ccc(F)cc3)CCO2)c2ccccc21. The fourth-order valence-electron chi connectivity index (χ4n) is 4.86. The van der Waals surface area contributed by atoms with E-state index in [4.69, 9.17) is 4.74 Å². The van der Waals surface area contributed by atoms with E-state index in [-0.39, 0.29) is 30.2 Å². The lowest BCUT2D eigenvalue weighted by atomic mass is 10.0. The molecule has 192 valence electrons. The Morgan fingerprint density at radius 2 is 1.78 bits per heavy atom. The van der Waals surface area contributed by atoms with Crippen LogP contribution in [0.15, 0.2) is 84.9 Å². The van der Waals surface area contributed by atoms with Crippen LogP contribution in [0.4, 0.5) is 4.39 Å². The fourth-order valence-corrected chi connectivity index (χ4v) is 4.86. The van der Waals surface area contributed by atoms with Crippen molar-refractivity contribution in [1.29, 1.82) is 0 Å². The zero-order valence-corrected chi connectivity index (χ0v) is 21.6. The van der Waals surface area contributed by atoms with Crippen molar-refractivity contribution < 1.29 is 13.9 Å². The zero-order valence-electron chi connectivity index (χ0n) is 20.8. The summed E-state index contributed by atoms with van der Waals surface area (Å²) in [5.74, 6) is -0.380. The third kappa shape index (κ3) is 6.28. The minimum absolute atomic E-state index is 0. The standard InChI is InChI=1S/C30H30FN3O2.ClH/c1-33-28-10-6-5-9-26(28)27(30(33)23-7-3-2-4-8-23)15-16-29(35)32-19-25-21-34(17-18-36-25)20-22-11-13-24(31)14-12-22;/h2-16,25H,17-21H2,1H3,(H,32,35);1H. The minimum atomic E-state index is -0.228. The highest BCUT2D eigenvalue weighted by molar-refractivity contribution is 6.01. The Labute approximate surface area is 223 Å². The van der Waals surface area contributed by atoms with Crippen LogP contribution in [0, 0.1) is 5.82 Å². The lowest BCUT2D eigenvalue weighted by molar-refractivity contribution is -0.117. The topological polar surface area (TPSA) is 46.5 Å². The van der Waals surface area contributed by atoms with Crippen molar-refractivity contribution in [3.63, 3.8) is 0 Å². The van der Waals surface area contributed by atoms with Crippen molar-refractivity contribution >= 4 is 35.3 Å². The van der Waals surface area contributed by atoms with E-state index in [1.165, 1.54) is 12.1 Å². The van der Waals surface area contributed by atoms with Crippen LogP contribution in [-0.4, -0.2) is 47.7 Å². The summed E-state index contributed by atoms with van der Waals surface area (Å²) in [6.45, 7) is 3.30. The van der Waals surface area contributed by atoms with E-state index in [0.29, 0.717) is 19.7 Å². The van der Waals surface area contributed by atoms with E-state index in [1.54, 1.807) is 6.08 Å². The van der Waals surface area contributed by atoms with Gasteiger partial charge in [0.1, 0.15) is 5.82 Å². The summed E-state index contributed by atoms with van der Waals surface area (Å²) >= 11 is 0. The van der Waals surface area contributed by atoms with Crippen LogP contribution in [0.25, 0.3) is 28.2 Å². The molecule has 37 heavy (non-hydrogen) atoms. The molecule has 0 aliphatic carbocycles. The number of morpholine rings is 1. The third-order valence-corrected chi connectivity index (χ3v) is 6.64. The van der Waals surface area contributed by atoms with Gasteiger partial charge in [-0.05, 0) is 35.4 Å². The van der Waals surface area contributed by atoms with Gasteiger partial charge in [-0.15, -0.1) is 12.4 Å². The molecule has 2 heterocycles. The number of nitrogens with one attached hydrogen (secondary N) is 1. The van der Waals surface area contributed by atoms with Crippen LogP contribution in [0.2, 0.25) is 0 Å². The number of hydrogen-bond acceptors (Lipinski definition) is 3. The average molecular weight is 520 g/mol. The third-order valence-electron chi connectivity index (χ3n) is 6.64. The number of carbonyl (C=O) groups excluding carboxylic acids is 1. The Morgan fingerprint density at radius 3 is 2.57 bits per heavy atom. The molecule has 7 heteroatoms. The van der Waals surface area contributed by atoms with E-state index >= 15 is 0 Å². The second-order valence-corrected chi connectivity index (χ2v) is 9.14. The molecule has 1 atom stereocenters. The van der Waals surface area contributed by atoms with Crippen LogP contribution in [-0.2, 0) is 23.1 Å². The lowest BCUT2D eigenvalue weighted by Gasteiger charge is -2.33. The molecule has 1 aliphatic heterocycles. The molecule has 3 aromatic carbocycles. The number of amides is 1. The van der Waals surface area contributed by atoms with Crippen LogP contribution in [0.1, 0.15) is 11.1 Å². The maximum atomic E-state index is 13.2. The van der Waals surface area contributed by atoms with Gasteiger partial charge >= 0.3 is 0 Å². The first kappa shape index (κ1) is 26.6. The van der Waals surface area contributed by atoms with Crippen molar-refractivity contribution in [2.75, 3.05) is 26.2 Å². The number of halogens is 2. The molecule has 1 amide bonds. The van der Waals surface area contributed by atoms with Gasteiger partial charge in [0, 0.05) is 55.8 Å². The fraction of sp³-hybridized carbons (Fsp3) is 0.233. The first-order valence-corrected chi connectivity index (χ1v) is 12.3. The Bertz CT molecular complexity index is 1370. The number of para-hydroxylation sites is 1. The summed E-state index contributed by atoms with van der Waals surface area (Å²) in [6, 6.07) is 25.0. The maximum absolute atomic E-state index is 13.2. The van der Waals surface area contributed by atoms with E-state index < -0.39 is 0 Å². The molecule has 1 aromatic heterocycles. The highest BCUT2D eigenvalue weighted by atomic mass is 35.5. The Hall–Kier alpha value is -3.45. The number of aromatic nitrogens is 1. The van der Waals surface area contributed by atoms with Crippen LogP contribution >= 0.6 is 12.4 Å². The quantitative estimate of drug-likeness (QED) is 0.331. The van der Waals surface area contributed by atoms with Crippen molar-refractivity contribution in [2.24, 2.45) is 7.05 Å². The van der Waals surface area contributed by atoms with Gasteiger partial charge in [-0.3, -0.25) is 9.69 Å². The second kappa shape index (κ2) is 12.2. The van der Waals surface area contributed by atoms with Gasteiger partial charge in [-0.1, -0.05) is 60.7 Å². The zero-order chi connectivity index (χ0) is 24.9. The van der Waals surface area contributed by atoms with Crippen LogP contribution in [0.5, 0.6) is 0 Å². The number of carbonyl (C=O) groups is 1. The number of hydrogen-bond donors (Lipinski definition) is 1. The van der Waals surface area contributed by atoms with Gasteiger partial charge in [0.05, 0.1) is 18.4 Å². The van der Waals surface area contributed by atoms with Gasteiger partial charge < -0.3 is 14.6 Å². The second-order valence-electron chi connectivity index (χ2n) is 9.14. The predicted molar refractivity (Wildman–Crippen MR) is 149 cm³/mol. The number of ether oxygens (including phenoxy) is 1. The number of aryl methyl sites for hydroxylation is 1. The molecule has 1 unspecified atom stereocenters. The molecule has 0 radical (unpaired) electrons. The van der Waals surface area contributed by atoms with Gasteiger partial charge in [0.25, 0.3) is 0 Å². The largest absolute Gasteiger partial charge is 0.374 e. The molecule has 1 fully saturated rings. The summed E-state index contributed by atoms with van der Waals surface area (Å²) in [4.78, 5) is 15.0. The molecule has 5 nitrogen and oxygen atoms in total. The Morgan fingerprint density at radius 1 is 1.05 bits per heavy atom. The highest BCUT2D eigenvalue weighted by Gasteiger charge is 2.21. The maximum Gasteiger partial charge on any atom is 0.244 e. The van der Waals surface area contributed by atoms with Crippen molar-refractivity contribution in [3.8, 4) is 11.3 Å². The van der Waals surface area contributed by atoms with Crippen molar-refractivity contribution in [2.45, 2.75) is 12.6 Å². The number of rotatable bonds is 7. The Balaban J connectivity index is 0.00000320. The summed E-state index contributed by atoms with van der Waals surface area (Å²) < 4.78 is 21.2. The van der Waals surface area contributed by atoms with E-state index in [1.807, 2.05) is 48.5 Å². The summed E-state index contributed by atoms with van der Waals surface area (Å²) in [5.41, 5.74) is 5.39. The van der Waals surface area contributed by atoms with Crippen LogP contribution in [0.3, 0.4) is 0 Å². The first-order chi connectivity index (χ1) is 17.6. The lowest BCUT2D eigenvalue weighted by Crippen LogP contribution is -2.46. The van der Waals surface area contributed by atoms with Crippen molar-refractivity contribution in [1.82, 2.24) is 14.8 Å². The van der Waals surface area contributed by atoms with E-state index in [9.17, 15) is 9.18 Å². The first-order valence-electron chi connectivity index (χ1n) is 12.3. The number of benzene rings is 3. The number of fused-ring (bicyclic) bond motifs is 1. The molecule has 1 N–H and O–H groups in total. The van der Waals surface area contributed by atoms with Gasteiger partial charge in [0.2, 0.25) is 5.91 Å². The summed E-state index contributed by atoms with van der Waals surface area (Å²) in [5, 5.41) is 4.10. The van der Waals surface area contributed by atoms with Gasteiger partial charge in [0.15, 0.2) is 0 Å². The summed E-state index contributed by atoms with van der Waals surface area (Å²) in [7, 11) is 2.06.